The van der Waals surface area contributed by atoms with E-state index in [0.717, 1.165) is 6.26 Å². The number of carbonyl (C=O) groups excluding carboxylic acids is 2. The van der Waals surface area contributed by atoms with Crippen LogP contribution in [-0.4, -0.2) is 30.1 Å². The van der Waals surface area contributed by atoms with Gasteiger partial charge in [0.25, 0.3) is 0 Å². The number of esters is 2. The van der Waals surface area contributed by atoms with Gasteiger partial charge < -0.3 is 14.6 Å². The molecule has 0 aliphatic heterocycles. The Morgan fingerprint density at radius 2 is 1.42 bits per heavy atom. The van der Waals surface area contributed by atoms with E-state index in [0.29, 0.717) is 5.57 Å². The van der Waals surface area contributed by atoms with Gasteiger partial charge in [0.05, 0.1) is 13.4 Å². The largest absolute Gasteiger partial charge is 0.478 e. The van der Waals surface area contributed by atoms with Gasteiger partial charge in [0.15, 0.2) is 0 Å². The molecule has 0 unspecified atom stereocenters. The summed E-state index contributed by atoms with van der Waals surface area (Å²) in [7, 11) is 1.33. The first-order valence-corrected chi connectivity index (χ1v) is 5.00. The van der Waals surface area contributed by atoms with Crippen LogP contribution >= 0.6 is 0 Å². The Bertz CT molecular complexity index is 342. The number of carbonyl (C=O) groups is 3. The summed E-state index contributed by atoms with van der Waals surface area (Å²) in [5.74, 6) is -1.61. The SMILES string of the molecule is C=C(C)C(=O)O.C=C(C)C(=O)OC.C=COC(C)=O. The molecule has 6 heteroatoms. The zero-order valence-electron chi connectivity index (χ0n) is 11.7. The first kappa shape index (κ1) is 21.9. The molecule has 0 fully saturated rings. The molecule has 0 aromatic carbocycles. The lowest BCUT2D eigenvalue weighted by atomic mass is 10.4. The molecule has 0 saturated heterocycles. The lowest BCUT2D eigenvalue weighted by Gasteiger charge is -1.91. The molecule has 0 aromatic heterocycles. The second-order valence-corrected chi connectivity index (χ2v) is 3.13. The number of methoxy groups -OCH3 is 1. The number of carboxylic acid groups (broad SMARTS) is 1. The van der Waals surface area contributed by atoms with Crippen LogP contribution in [0.1, 0.15) is 20.8 Å². The van der Waals surface area contributed by atoms with E-state index in [1.807, 2.05) is 0 Å². The van der Waals surface area contributed by atoms with Crippen molar-refractivity contribution >= 4 is 17.9 Å². The summed E-state index contributed by atoms with van der Waals surface area (Å²) in [6.07, 6.45) is 1.10. The van der Waals surface area contributed by atoms with Gasteiger partial charge in [0.2, 0.25) is 0 Å². The molecule has 0 amide bonds. The van der Waals surface area contributed by atoms with Gasteiger partial charge >= 0.3 is 17.9 Å². The molecule has 0 saturated carbocycles. The van der Waals surface area contributed by atoms with Crippen molar-refractivity contribution in [1.82, 2.24) is 0 Å². The Morgan fingerprint density at radius 3 is 1.42 bits per heavy atom. The highest BCUT2D eigenvalue weighted by molar-refractivity contribution is 5.86. The maximum absolute atomic E-state index is 10.2. The van der Waals surface area contributed by atoms with Gasteiger partial charge in [-0.25, -0.2) is 9.59 Å². The molecule has 0 aliphatic carbocycles. The number of carboxylic acids is 1. The van der Waals surface area contributed by atoms with E-state index < -0.39 is 5.97 Å². The second-order valence-electron chi connectivity index (χ2n) is 3.13. The van der Waals surface area contributed by atoms with Crippen LogP contribution in [0, 0.1) is 0 Å². The smallest absolute Gasteiger partial charge is 0.332 e. The third-order valence-corrected chi connectivity index (χ3v) is 1.15. The quantitative estimate of drug-likeness (QED) is 0.480. The predicted octanol–water partition coefficient (Wildman–Crippen LogP) is 2.08. The van der Waals surface area contributed by atoms with E-state index in [1.54, 1.807) is 6.92 Å². The highest BCUT2D eigenvalue weighted by atomic mass is 16.5. The highest BCUT2D eigenvalue weighted by Gasteiger charge is 1.95. The number of ether oxygens (including phenoxy) is 2. The van der Waals surface area contributed by atoms with Crippen LogP contribution < -0.4 is 0 Å². The fraction of sp³-hybridized carbons (Fsp3) is 0.308. The Kier molecular flexibility index (Phi) is 15.8. The third kappa shape index (κ3) is 25.7. The molecule has 108 valence electrons. The fourth-order valence-electron chi connectivity index (χ4n) is 0.292. The monoisotopic (exact) mass is 272 g/mol. The maximum Gasteiger partial charge on any atom is 0.332 e. The van der Waals surface area contributed by atoms with Crippen molar-refractivity contribution in [2.75, 3.05) is 7.11 Å². The van der Waals surface area contributed by atoms with Crippen molar-refractivity contribution in [3.63, 3.8) is 0 Å². The van der Waals surface area contributed by atoms with E-state index in [9.17, 15) is 14.4 Å². The molecule has 0 heterocycles. The average molecular weight is 272 g/mol. The van der Waals surface area contributed by atoms with E-state index in [2.05, 4.69) is 29.2 Å². The van der Waals surface area contributed by atoms with E-state index in [1.165, 1.54) is 21.0 Å². The molecule has 0 bridgehead atoms. The molecule has 19 heavy (non-hydrogen) atoms. The van der Waals surface area contributed by atoms with Gasteiger partial charge in [-0.1, -0.05) is 19.7 Å². The molecule has 1 N–H and O–H groups in total. The minimum Gasteiger partial charge on any atom is -0.478 e. The molecule has 0 spiro atoms. The Balaban J connectivity index is -0.000000203. The minimum atomic E-state index is -0.935. The predicted molar refractivity (Wildman–Crippen MR) is 71.2 cm³/mol. The highest BCUT2D eigenvalue weighted by Crippen LogP contribution is 1.87. The van der Waals surface area contributed by atoms with Crippen LogP contribution in [0.25, 0.3) is 0 Å². The summed E-state index contributed by atoms with van der Waals surface area (Å²) in [4.78, 5) is 29.5. The molecule has 0 aromatic rings. The average Bonchev–Trinajstić information content (AvgIpc) is 2.29. The fourth-order valence-corrected chi connectivity index (χ4v) is 0.292. The van der Waals surface area contributed by atoms with Crippen LogP contribution in [0.5, 0.6) is 0 Å². The molecule has 0 rings (SSSR count). The van der Waals surface area contributed by atoms with E-state index >= 15 is 0 Å². The Morgan fingerprint density at radius 1 is 1.05 bits per heavy atom. The number of hydrogen-bond donors (Lipinski definition) is 1. The molecular formula is C13H20O6. The van der Waals surface area contributed by atoms with Gasteiger partial charge in [-0.15, -0.1) is 0 Å². The maximum atomic E-state index is 10.2. The number of hydrogen-bond acceptors (Lipinski definition) is 5. The molecule has 0 aliphatic rings. The summed E-state index contributed by atoms with van der Waals surface area (Å²) < 4.78 is 8.44. The standard InChI is InChI=1S/C5H8O2.2C4H6O2/c1-4(2)5(6)7-3;1-3-6-4(2)5;1-3(2)4(5)6/h1H2,2-3H3;3H,1H2,2H3;1H2,2H3,(H,5,6). The minimum absolute atomic E-state index is 0.176. The summed E-state index contributed by atoms with van der Waals surface area (Å²) in [6, 6.07) is 0. The van der Waals surface area contributed by atoms with Crippen molar-refractivity contribution in [3.8, 4) is 0 Å². The van der Waals surface area contributed by atoms with Crippen molar-refractivity contribution in [1.29, 1.82) is 0 Å². The van der Waals surface area contributed by atoms with Gasteiger partial charge in [0, 0.05) is 18.1 Å². The second kappa shape index (κ2) is 13.7. The topological polar surface area (TPSA) is 89.9 Å². The molecule has 6 nitrogen and oxygen atoms in total. The Labute approximate surface area is 113 Å². The lowest BCUT2D eigenvalue weighted by molar-refractivity contribution is -0.136. The third-order valence-electron chi connectivity index (χ3n) is 1.15. The van der Waals surface area contributed by atoms with Gasteiger partial charge in [-0.2, -0.15) is 0 Å². The summed E-state index contributed by atoms with van der Waals surface area (Å²) in [5.41, 5.74) is 0.609. The zero-order valence-corrected chi connectivity index (χ0v) is 11.7. The number of aliphatic carboxylic acids is 1. The normalized spacial score (nSPS) is 7.37. The van der Waals surface area contributed by atoms with Crippen LogP contribution in [0.15, 0.2) is 37.1 Å². The summed E-state index contributed by atoms with van der Waals surface area (Å²) in [6.45, 7) is 14.0. The van der Waals surface area contributed by atoms with Crippen molar-refractivity contribution in [2.45, 2.75) is 20.8 Å². The first-order chi connectivity index (χ1) is 8.59. The Hall–Kier alpha value is -2.37. The van der Waals surface area contributed by atoms with E-state index in [4.69, 9.17) is 5.11 Å². The van der Waals surface area contributed by atoms with Crippen LogP contribution in [0.3, 0.4) is 0 Å². The summed E-state index contributed by atoms with van der Waals surface area (Å²) in [5, 5.41) is 7.89. The summed E-state index contributed by atoms with van der Waals surface area (Å²) >= 11 is 0. The van der Waals surface area contributed by atoms with Gasteiger partial charge in [-0.05, 0) is 13.8 Å². The molecule has 0 atom stereocenters. The van der Waals surface area contributed by atoms with Gasteiger partial charge in [-0.3, -0.25) is 4.79 Å². The lowest BCUT2D eigenvalue weighted by Crippen LogP contribution is -1.98. The first-order valence-electron chi connectivity index (χ1n) is 5.00. The van der Waals surface area contributed by atoms with Crippen molar-refractivity contribution < 1.29 is 29.0 Å². The number of rotatable bonds is 3. The van der Waals surface area contributed by atoms with Crippen LogP contribution in [-0.2, 0) is 23.9 Å². The van der Waals surface area contributed by atoms with Crippen LogP contribution in [0.2, 0.25) is 0 Å². The molecule has 0 radical (unpaired) electrons. The zero-order chi connectivity index (χ0) is 16.0. The van der Waals surface area contributed by atoms with Gasteiger partial charge in [0.1, 0.15) is 0 Å². The van der Waals surface area contributed by atoms with Crippen molar-refractivity contribution in [2.24, 2.45) is 0 Å². The molecular weight excluding hydrogens is 252 g/mol. The van der Waals surface area contributed by atoms with Crippen LogP contribution in [0.4, 0.5) is 0 Å². The van der Waals surface area contributed by atoms with Crippen molar-refractivity contribution in [3.05, 3.63) is 37.1 Å². The van der Waals surface area contributed by atoms with E-state index in [-0.39, 0.29) is 17.5 Å².